The number of aryl methyl sites for hydroxylation is 1. The Balaban J connectivity index is 2.27. The lowest BCUT2D eigenvalue weighted by molar-refractivity contribution is 0.373. The molecule has 0 saturated heterocycles. The van der Waals surface area contributed by atoms with Crippen molar-refractivity contribution in [3.8, 4) is 11.5 Å². The van der Waals surface area contributed by atoms with Crippen molar-refractivity contribution in [3.05, 3.63) is 59.2 Å². The van der Waals surface area contributed by atoms with Gasteiger partial charge in [0.2, 0.25) is 0 Å². The van der Waals surface area contributed by atoms with Crippen molar-refractivity contribution in [1.29, 1.82) is 0 Å². The van der Waals surface area contributed by atoms with Gasteiger partial charge in [-0.2, -0.15) is 0 Å². The Hall–Kier alpha value is -2.22. The zero-order valence-corrected chi connectivity index (χ0v) is 11.3. The van der Waals surface area contributed by atoms with E-state index in [0.717, 1.165) is 12.0 Å². The molecule has 0 amide bonds. The lowest BCUT2D eigenvalue weighted by Gasteiger charge is -2.04. The number of rotatable bonds is 4. The summed E-state index contributed by atoms with van der Waals surface area (Å²) in [7, 11) is 1.55. The number of phenolic OH excluding ortho intramolecular Hbond substituents is 1. The molecule has 19 heavy (non-hydrogen) atoms. The van der Waals surface area contributed by atoms with Crippen molar-refractivity contribution >= 4 is 12.2 Å². The molecule has 0 fully saturated rings. The molecule has 0 aromatic heterocycles. The fourth-order valence-corrected chi connectivity index (χ4v) is 2.00. The number of hydrogen-bond donors (Lipinski definition) is 1. The highest BCUT2D eigenvalue weighted by atomic mass is 16.5. The van der Waals surface area contributed by atoms with Crippen LogP contribution in [0, 0.1) is 0 Å². The maximum absolute atomic E-state index is 9.55. The van der Waals surface area contributed by atoms with Crippen molar-refractivity contribution in [2.45, 2.75) is 13.3 Å². The molecule has 2 aromatic rings. The van der Waals surface area contributed by atoms with Crippen LogP contribution < -0.4 is 4.74 Å². The van der Waals surface area contributed by atoms with E-state index in [0.29, 0.717) is 5.75 Å². The van der Waals surface area contributed by atoms with Crippen LogP contribution in [-0.4, -0.2) is 12.2 Å². The second-order valence-corrected chi connectivity index (χ2v) is 4.32. The molecule has 2 heteroatoms. The predicted molar refractivity (Wildman–Crippen MR) is 79.4 cm³/mol. The predicted octanol–water partition coefficient (Wildman–Crippen LogP) is 4.13. The summed E-state index contributed by atoms with van der Waals surface area (Å²) in [5.74, 6) is 0.652. The monoisotopic (exact) mass is 254 g/mol. The van der Waals surface area contributed by atoms with Crippen LogP contribution in [0.2, 0.25) is 0 Å². The molecule has 0 spiro atoms. The van der Waals surface area contributed by atoms with Crippen molar-refractivity contribution in [3.63, 3.8) is 0 Å². The molecule has 0 heterocycles. The van der Waals surface area contributed by atoms with Gasteiger partial charge in [0.15, 0.2) is 11.5 Å². The van der Waals surface area contributed by atoms with Crippen molar-refractivity contribution in [2.75, 3.05) is 7.11 Å². The average molecular weight is 254 g/mol. The van der Waals surface area contributed by atoms with Crippen LogP contribution in [0.5, 0.6) is 11.5 Å². The topological polar surface area (TPSA) is 29.5 Å². The number of ether oxygens (including phenoxy) is 1. The molecule has 2 nitrogen and oxygen atoms in total. The normalized spacial score (nSPS) is 10.8. The van der Waals surface area contributed by atoms with Crippen LogP contribution >= 0.6 is 0 Å². The summed E-state index contributed by atoms with van der Waals surface area (Å²) >= 11 is 0. The summed E-state index contributed by atoms with van der Waals surface area (Å²) in [5, 5.41) is 9.55. The molecule has 0 radical (unpaired) electrons. The van der Waals surface area contributed by atoms with Crippen molar-refractivity contribution in [1.82, 2.24) is 0 Å². The van der Waals surface area contributed by atoms with Crippen LogP contribution in [0.15, 0.2) is 42.5 Å². The molecule has 2 aromatic carbocycles. The number of benzene rings is 2. The van der Waals surface area contributed by atoms with Crippen LogP contribution in [0.4, 0.5) is 0 Å². The summed E-state index contributed by atoms with van der Waals surface area (Å²) in [6.45, 7) is 2.15. The molecule has 98 valence electrons. The van der Waals surface area contributed by atoms with E-state index in [-0.39, 0.29) is 5.75 Å². The van der Waals surface area contributed by atoms with E-state index in [1.54, 1.807) is 13.2 Å². The smallest absolute Gasteiger partial charge is 0.161 e. The summed E-state index contributed by atoms with van der Waals surface area (Å²) in [6.07, 6.45) is 5.13. The maximum Gasteiger partial charge on any atom is 0.161 e. The molecular weight excluding hydrogens is 236 g/mol. The first-order valence-electron chi connectivity index (χ1n) is 6.37. The van der Waals surface area contributed by atoms with Crippen LogP contribution in [0.1, 0.15) is 23.6 Å². The van der Waals surface area contributed by atoms with Crippen LogP contribution in [0.25, 0.3) is 12.2 Å². The van der Waals surface area contributed by atoms with E-state index in [1.165, 1.54) is 11.1 Å². The lowest BCUT2D eigenvalue weighted by atomic mass is 10.0. The highest BCUT2D eigenvalue weighted by Gasteiger charge is 2.01. The number of aromatic hydroxyl groups is 1. The first-order valence-corrected chi connectivity index (χ1v) is 6.37. The molecule has 1 N–H and O–H groups in total. The van der Waals surface area contributed by atoms with E-state index < -0.39 is 0 Å². The minimum absolute atomic E-state index is 0.161. The van der Waals surface area contributed by atoms with Gasteiger partial charge in [0.05, 0.1) is 7.11 Å². The highest BCUT2D eigenvalue weighted by Crippen LogP contribution is 2.27. The van der Waals surface area contributed by atoms with Crippen molar-refractivity contribution < 1.29 is 9.84 Å². The Morgan fingerprint density at radius 1 is 1.11 bits per heavy atom. The van der Waals surface area contributed by atoms with Crippen LogP contribution in [0.3, 0.4) is 0 Å². The maximum atomic E-state index is 9.55. The van der Waals surface area contributed by atoms with Crippen LogP contribution in [-0.2, 0) is 6.42 Å². The Morgan fingerprint density at radius 2 is 1.89 bits per heavy atom. The van der Waals surface area contributed by atoms with Gasteiger partial charge in [-0.1, -0.05) is 49.4 Å². The van der Waals surface area contributed by atoms with Gasteiger partial charge < -0.3 is 9.84 Å². The molecule has 0 atom stereocenters. The Labute approximate surface area is 114 Å². The number of phenols is 1. The van der Waals surface area contributed by atoms with Crippen molar-refractivity contribution in [2.24, 2.45) is 0 Å². The van der Waals surface area contributed by atoms with Gasteiger partial charge in [-0.15, -0.1) is 0 Å². The second-order valence-electron chi connectivity index (χ2n) is 4.32. The molecule has 2 rings (SSSR count). The van der Waals surface area contributed by atoms with E-state index in [4.69, 9.17) is 4.74 Å². The first kappa shape index (κ1) is 13.2. The van der Waals surface area contributed by atoms with Gasteiger partial charge in [0, 0.05) is 0 Å². The molecule has 0 saturated carbocycles. The van der Waals surface area contributed by atoms with E-state index >= 15 is 0 Å². The SMILES string of the molecule is CCc1ccccc1C=Cc1ccc(O)c(OC)c1. The summed E-state index contributed by atoms with van der Waals surface area (Å²) in [4.78, 5) is 0. The molecular formula is C17H18O2. The Kier molecular flexibility index (Phi) is 4.24. The minimum Gasteiger partial charge on any atom is -0.504 e. The summed E-state index contributed by atoms with van der Waals surface area (Å²) in [6, 6.07) is 13.7. The molecule has 0 unspecified atom stereocenters. The third-order valence-electron chi connectivity index (χ3n) is 3.10. The number of hydrogen-bond acceptors (Lipinski definition) is 2. The number of methoxy groups -OCH3 is 1. The third kappa shape index (κ3) is 3.16. The summed E-state index contributed by atoms with van der Waals surface area (Å²) in [5.41, 5.74) is 3.54. The second kappa shape index (κ2) is 6.10. The van der Waals surface area contributed by atoms with E-state index in [9.17, 15) is 5.11 Å². The zero-order chi connectivity index (χ0) is 13.7. The van der Waals surface area contributed by atoms with E-state index in [2.05, 4.69) is 31.2 Å². The molecule has 0 bridgehead atoms. The zero-order valence-electron chi connectivity index (χ0n) is 11.3. The van der Waals surface area contributed by atoms with Gasteiger partial charge in [0.1, 0.15) is 0 Å². The largest absolute Gasteiger partial charge is 0.504 e. The molecule has 0 aliphatic rings. The fourth-order valence-electron chi connectivity index (χ4n) is 2.00. The summed E-state index contributed by atoms with van der Waals surface area (Å²) < 4.78 is 5.10. The molecule has 0 aliphatic carbocycles. The fraction of sp³-hybridized carbons (Fsp3) is 0.176. The van der Waals surface area contributed by atoms with Gasteiger partial charge in [-0.3, -0.25) is 0 Å². The van der Waals surface area contributed by atoms with E-state index in [1.807, 2.05) is 24.3 Å². The minimum atomic E-state index is 0.161. The highest BCUT2D eigenvalue weighted by molar-refractivity contribution is 5.72. The van der Waals surface area contributed by atoms with Gasteiger partial charge in [-0.05, 0) is 35.2 Å². The Morgan fingerprint density at radius 3 is 2.63 bits per heavy atom. The molecule has 0 aliphatic heterocycles. The average Bonchev–Trinajstić information content (AvgIpc) is 2.46. The lowest BCUT2D eigenvalue weighted by Crippen LogP contribution is -1.85. The van der Waals surface area contributed by atoms with Gasteiger partial charge >= 0.3 is 0 Å². The Bertz CT molecular complexity index is 586. The van der Waals surface area contributed by atoms with Gasteiger partial charge in [-0.25, -0.2) is 0 Å². The first-order chi connectivity index (χ1) is 9.24. The quantitative estimate of drug-likeness (QED) is 0.831. The standard InChI is InChI=1S/C17H18O2/c1-3-14-6-4-5-7-15(14)10-8-13-9-11-16(18)17(12-13)19-2/h4-12,18H,3H2,1-2H3. The third-order valence-corrected chi connectivity index (χ3v) is 3.10. The van der Waals surface area contributed by atoms with Gasteiger partial charge in [0.25, 0.3) is 0 Å².